The Morgan fingerprint density at radius 2 is 1.95 bits per heavy atom. The van der Waals surface area contributed by atoms with Gasteiger partial charge in [0.15, 0.2) is 0 Å². The maximum atomic E-state index is 12.0. The van der Waals surface area contributed by atoms with Crippen molar-refractivity contribution in [2.24, 2.45) is 0 Å². The van der Waals surface area contributed by atoms with E-state index < -0.39 is 32.9 Å². The van der Waals surface area contributed by atoms with Gasteiger partial charge in [-0.25, -0.2) is 8.42 Å². The SMILES string of the molecule is CC(C)(C)NC(=O)CN(c1cccc([N+](=O)[O-])c1)S(C)(=O)=O. The van der Waals surface area contributed by atoms with Gasteiger partial charge in [-0.05, 0) is 26.8 Å². The van der Waals surface area contributed by atoms with E-state index in [2.05, 4.69) is 5.32 Å². The fourth-order valence-electron chi connectivity index (χ4n) is 1.75. The number of anilines is 1. The molecule has 1 aromatic rings. The van der Waals surface area contributed by atoms with Gasteiger partial charge < -0.3 is 5.32 Å². The van der Waals surface area contributed by atoms with Crippen molar-refractivity contribution < 1.29 is 18.1 Å². The summed E-state index contributed by atoms with van der Waals surface area (Å²) >= 11 is 0. The quantitative estimate of drug-likeness (QED) is 0.646. The number of hydrogen-bond donors (Lipinski definition) is 1. The molecule has 122 valence electrons. The van der Waals surface area contributed by atoms with E-state index in [-0.39, 0.29) is 11.4 Å². The average Bonchev–Trinajstić information content (AvgIpc) is 2.32. The second kappa shape index (κ2) is 6.30. The highest BCUT2D eigenvalue weighted by molar-refractivity contribution is 7.92. The lowest BCUT2D eigenvalue weighted by Crippen LogP contribution is -2.47. The molecule has 22 heavy (non-hydrogen) atoms. The van der Waals surface area contributed by atoms with Crippen LogP contribution in [-0.4, -0.2) is 37.6 Å². The van der Waals surface area contributed by atoms with Crippen LogP contribution in [0.15, 0.2) is 24.3 Å². The highest BCUT2D eigenvalue weighted by atomic mass is 32.2. The lowest BCUT2D eigenvalue weighted by Gasteiger charge is -2.25. The zero-order chi connectivity index (χ0) is 17.1. The number of nitro benzene ring substituents is 1. The van der Waals surface area contributed by atoms with Gasteiger partial charge in [0.25, 0.3) is 5.69 Å². The van der Waals surface area contributed by atoms with Gasteiger partial charge in [-0.2, -0.15) is 0 Å². The van der Waals surface area contributed by atoms with Gasteiger partial charge in [0.1, 0.15) is 6.54 Å². The molecule has 1 amide bonds. The van der Waals surface area contributed by atoms with E-state index in [1.54, 1.807) is 20.8 Å². The minimum atomic E-state index is -3.76. The zero-order valence-electron chi connectivity index (χ0n) is 12.9. The van der Waals surface area contributed by atoms with Crippen molar-refractivity contribution in [1.29, 1.82) is 0 Å². The number of benzene rings is 1. The molecule has 1 aromatic carbocycles. The number of nitro groups is 1. The van der Waals surface area contributed by atoms with Gasteiger partial charge >= 0.3 is 0 Å². The average molecular weight is 329 g/mol. The Labute approximate surface area is 129 Å². The molecule has 1 N–H and O–H groups in total. The molecule has 1 rings (SSSR count). The molecule has 0 radical (unpaired) electrons. The van der Waals surface area contributed by atoms with E-state index in [4.69, 9.17) is 0 Å². The topological polar surface area (TPSA) is 110 Å². The number of amides is 1. The lowest BCUT2D eigenvalue weighted by molar-refractivity contribution is -0.384. The van der Waals surface area contributed by atoms with E-state index in [0.717, 1.165) is 16.6 Å². The van der Waals surface area contributed by atoms with Gasteiger partial charge in [-0.1, -0.05) is 6.07 Å². The molecule has 0 aliphatic rings. The Kier molecular flexibility index (Phi) is 5.13. The molecule has 0 heterocycles. The fraction of sp³-hybridized carbons (Fsp3) is 0.462. The minimum absolute atomic E-state index is 0.0701. The van der Waals surface area contributed by atoms with Gasteiger partial charge in [0, 0.05) is 17.7 Å². The van der Waals surface area contributed by atoms with Crippen LogP contribution in [0.2, 0.25) is 0 Å². The largest absolute Gasteiger partial charge is 0.350 e. The van der Waals surface area contributed by atoms with Crippen molar-refractivity contribution in [3.8, 4) is 0 Å². The third-order valence-corrected chi connectivity index (χ3v) is 3.67. The van der Waals surface area contributed by atoms with E-state index in [1.807, 2.05) is 0 Å². The molecule has 0 aliphatic carbocycles. The van der Waals surface area contributed by atoms with Crippen molar-refractivity contribution in [3.05, 3.63) is 34.4 Å². The van der Waals surface area contributed by atoms with Crippen molar-refractivity contribution >= 4 is 27.3 Å². The molecule has 0 aliphatic heterocycles. The Balaban J connectivity index is 3.13. The summed E-state index contributed by atoms with van der Waals surface area (Å²) < 4.78 is 24.6. The monoisotopic (exact) mass is 329 g/mol. The molecule has 0 aromatic heterocycles. The molecular weight excluding hydrogens is 310 g/mol. The third-order valence-electron chi connectivity index (χ3n) is 2.53. The summed E-state index contributed by atoms with van der Waals surface area (Å²) in [4.78, 5) is 22.1. The second-order valence-electron chi connectivity index (χ2n) is 5.84. The number of carbonyl (C=O) groups is 1. The van der Waals surface area contributed by atoms with Gasteiger partial charge in [0.2, 0.25) is 15.9 Å². The number of sulfonamides is 1. The summed E-state index contributed by atoms with van der Waals surface area (Å²) in [5.74, 6) is -0.496. The summed E-state index contributed by atoms with van der Waals surface area (Å²) in [5, 5.41) is 13.4. The molecule has 0 saturated heterocycles. The van der Waals surface area contributed by atoms with Crippen LogP contribution in [0.5, 0.6) is 0 Å². The number of carbonyl (C=O) groups excluding carboxylic acids is 1. The summed E-state index contributed by atoms with van der Waals surface area (Å²) in [6.45, 7) is 4.85. The molecular formula is C13H19N3O5S. The first-order chi connectivity index (χ1) is 9.90. The van der Waals surface area contributed by atoms with Crippen molar-refractivity contribution in [3.63, 3.8) is 0 Å². The molecule has 9 heteroatoms. The number of nitrogens with zero attached hydrogens (tertiary/aromatic N) is 2. The lowest BCUT2D eigenvalue weighted by atomic mass is 10.1. The van der Waals surface area contributed by atoms with Crippen LogP contribution in [0.1, 0.15) is 20.8 Å². The van der Waals surface area contributed by atoms with Crippen LogP contribution < -0.4 is 9.62 Å². The maximum absolute atomic E-state index is 12.0. The molecule has 0 saturated carbocycles. The summed E-state index contributed by atoms with van der Waals surface area (Å²) in [5.41, 5.74) is -0.689. The van der Waals surface area contributed by atoms with Crippen molar-refractivity contribution in [2.45, 2.75) is 26.3 Å². The number of rotatable bonds is 5. The van der Waals surface area contributed by atoms with Gasteiger partial charge in [-0.3, -0.25) is 19.2 Å². The van der Waals surface area contributed by atoms with Crippen LogP contribution in [0, 0.1) is 10.1 Å². The molecule has 0 atom stereocenters. The Hall–Kier alpha value is -2.16. The van der Waals surface area contributed by atoms with Crippen LogP contribution >= 0.6 is 0 Å². The first-order valence-electron chi connectivity index (χ1n) is 6.43. The first-order valence-corrected chi connectivity index (χ1v) is 8.28. The van der Waals surface area contributed by atoms with E-state index >= 15 is 0 Å². The smallest absolute Gasteiger partial charge is 0.271 e. The van der Waals surface area contributed by atoms with E-state index in [1.165, 1.54) is 18.2 Å². The Morgan fingerprint density at radius 3 is 2.41 bits per heavy atom. The van der Waals surface area contributed by atoms with Gasteiger partial charge in [-0.15, -0.1) is 0 Å². The highest BCUT2D eigenvalue weighted by Gasteiger charge is 2.24. The highest BCUT2D eigenvalue weighted by Crippen LogP contribution is 2.23. The second-order valence-corrected chi connectivity index (χ2v) is 7.75. The summed E-state index contributed by atoms with van der Waals surface area (Å²) in [6, 6.07) is 5.14. The molecule has 0 fully saturated rings. The minimum Gasteiger partial charge on any atom is -0.350 e. The van der Waals surface area contributed by atoms with Crippen LogP contribution in [0.3, 0.4) is 0 Å². The fourth-order valence-corrected chi connectivity index (χ4v) is 2.60. The Morgan fingerprint density at radius 1 is 1.36 bits per heavy atom. The first kappa shape index (κ1) is 17.9. The molecule has 0 spiro atoms. The number of non-ortho nitro benzene ring substituents is 1. The van der Waals surface area contributed by atoms with E-state index in [9.17, 15) is 23.3 Å². The predicted molar refractivity (Wildman–Crippen MR) is 83.2 cm³/mol. The molecule has 0 unspecified atom stereocenters. The van der Waals surface area contributed by atoms with Crippen LogP contribution in [0.25, 0.3) is 0 Å². The normalized spacial score (nSPS) is 11.8. The van der Waals surface area contributed by atoms with Crippen molar-refractivity contribution in [1.82, 2.24) is 5.32 Å². The maximum Gasteiger partial charge on any atom is 0.271 e. The number of hydrogen-bond acceptors (Lipinski definition) is 5. The molecule has 8 nitrogen and oxygen atoms in total. The standard InChI is InChI=1S/C13H19N3O5S/c1-13(2,3)14-12(17)9-15(22(4,20)21)10-6-5-7-11(8-10)16(18)19/h5-8H,9H2,1-4H3,(H,14,17). The zero-order valence-corrected chi connectivity index (χ0v) is 13.7. The van der Waals surface area contributed by atoms with Crippen molar-refractivity contribution in [2.75, 3.05) is 17.1 Å². The predicted octanol–water partition coefficient (Wildman–Crippen LogP) is 1.28. The third kappa shape index (κ3) is 5.32. The summed E-state index contributed by atoms with van der Waals surface area (Å²) in [7, 11) is -3.76. The van der Waals surface area contributed by atoms with Crippen LogP contribution in [0.4, 0.5) is 11.4 Å². The van der Waals surface area contributed by atoms with Gasteiger partial charge in [0.05, 0.1) is 16.9 Å². The van der Waals surface area contributed by atoms with Crippen LogP contribution in [-0.2, 0) is 14.8 Å². The summed E-state index contributed by atoms with van der Waals surface area (Å²) in [6.07, 6.45) is 0.941. The number of nitrogens with one attached hydrogen (secondary N) is 1. The Bertz CT molecular complexity index is 679. The van der Waals surface area contributed by atoms with E-state index in [0.29, 0.717) is 0 Å². The molecule has 0 bridgehead atoms.